The standard InChI is InChI=1S/C23H32N4O2/c1-25-15-13-19(14-16-25)26(2)17-18-27(3)23(28)24-21-11-7-8-12-22(21)29-20-9-5-4-6-10-20/h4-12,19H,13-18H2,1-3H3,(H,24,28). The van der Waals surface area contributed by atoms with E-state index < -0.39 is 0 Å². The molecule has 156 valence electrons. The third-order valence-electron chi connectivity index (χ3n) is 5.55. The zero-order chi connectivity index (χ0) is 20.6. The van der Waals surface area contributed by atoms with Gasteiger partial charge >= 0.3 is 6.03 Å². The minimum atomic E-state index is -0.133. The summed E-state index contributed by atoms with van der Waals surface area (Å²) in [7, 11) is 6.16. The smallest absolute Gasteiger partial charge is 0.321 e. The molecule has 1 aliphatic heterocycles. The lowest BCUT2D eigenvalue weighted by molar-refractivity contribution is 0.136. The zero-order valence-corrected chi connectivity index (χ0v) is 17.7. The zero-order valence-electron chi connectivity index (χ0n) is 17.7. The fraction of sp³-hybridized carbons (Fsp3) is 0.435. The summed E-state index contributed by atoms with van der Waals surface area (Å²) in [6.45, 7) is 3.82. The van der Waals surface area contributed by atoms with E-state index in [2.05, 4.69) is 29.2 Å². The normalized spacial score (nSPS) is 15.3. The lowest BCUT2D eigenvalue weighted by atomic mass is 10.0. The van der Waals surface area contributed by atoms with Crippen LogP contribution in [0.2, 0.25) is 0 Å². The van der Waals surface area contributed by atoms with E-state index in [-0.39, 0.29) is 6.03 Å². The predicted molar refractivity (Wildman–Crippen MR) is 118 cm³/mol. The third-order valence-corrected chi connectivity index (χ3v) is 5.55. The summed E-state index contributed by atoms with van der Waals surface area (Å²) in [5.74, 6) is 1.37. The average molecular weight is 397 g/mol. The van der Waals surface area contributed by atoms with Crippen LogP contribution in [0.4, 0.5) is 10.5 Å². The molecule has 0 bridgehead atoms. The molecular weight excluding hydrogens is 364 g/mol. The monoisotopic (exact) mass is 396 g/mol. The molecule has 6 heteroatoms. The van der Waals surface area contributed by atoms with E-state index in [9.17, 15) is 4.79 Å². The molecule has 3 rings (SSSR count). The van der Waals surface area contributed by atoms with Crippen molar-refractivity contribution in [1.29, 1.82) is 0 Å². The molecule has 1 N–H and O–H groups in total. The summed E-state index contributed by atoms with van der Waals surface area (Å²) in [5.41, 5.74) is 0.664. The van der Waals surface area contributed by atoms with Gasteiger partial charge in [0.1, 0.15) is 5.75 Å². The van der Waals surface area contributed by atoms with Crippen LogP contribution in [0.25, 0.3) is 0 Å². The number of likely N-dealkylation sites (tertiary alicyclic amines) is 1. The molecule has 2 aromatic rings. The largest absolute Gasteiger partial charge is 0.455 e. The van der Waals surface area contributed by atoms with Gasteiger partial charge in [-0.15, -0.1) is 0 Å². The second kappa shape index (κ2) is 10.3. The average Bonchev–Trinajstić information content (AvgIpc) is 2.74. The topological polar surface area (TPSA) is 48.0 Å². The number of carbonyl (C=O) groups excluding carboxylic acids is 1. The predicted octanol–water partition coefficient (Wildman–Crippen LogP) is 3.97. The quantitative estimate of drug-likeness (QED) is 0.769. The second-order valence-corrected chi connectivity index (χ2v) is 7.78. The number of amides is 2. The number of nitrogens with one attached hydrogen (secondary N) is 1. The van der Waals surface area contributed by atoms with Crippen molar-refractivity contribution in [2.45, 2.75) is 18.9 Å². The van der Waals surface area contributed by atoms with E-state index in [1.807, 2.05) is 61.6 Å². The lowest BCUT2D eigenvalue weighted by Gasteiger charge is -2.35. The number of piperidine rings is 1. The van der Waals surface area contributed by atoms with Crippen LogP contribution >= 0.6 is 0 Å². The number of rotatable bonds is 7. The maximum Gasteiger partial charge on any atom is 0.321 e. The molecule has 1 fully saturated rings. The Balaban J connectivity index is 1.52. The van der Waals surface area contributed by atoms with Crippen LogP contribution in [-0.4, -0.2) is 74.1 Å². The number of likely N-dealkylation sites (N-methyl/N-ethyl adjacent to an activating group) is 2. The van der Waals surface area contributed by atoms with Crippen LogP contribution in [0, 0.1) is 0 Å². The molecule has 0 aliphatic carbocycles. The summed E-state index contributed by atoms with van der Waals surface area (Å²) in [6.07, 6.45) is 2.38. The van der Waals surface area contributed by atoms with Gasteiger partial charge in [-0.05, 0) is 64.3 Å². The van der Waals surface area contributed by atoms with E-state index in [0.717, 1.165) is 25.4 Å². The van der Waals surface area contributed by atoms with E-state index in [4.69, 9.17) is 4.74 Å². The highest BCUT2D eigenvalue weighted by molar-refractivity contribution is 5.90. The molecular formula is C23H32N4O2. The maximum atomic E-state index is 12.7. The van der Waals surface area contributed by atoms with E-state index >= 15 is 0 Å². The Hall–Kier alpha value is -2.57. The first-order valence-corrected chi connectivity index (χ1v) is 10.3. The Morgan fingerprint density at radius 1 is 1.03 bits per heavy atom. The van der Waals surface area contributed by atoms with Gasteiger partial charge in [0.15, 0.2) is 5.75 Å². The van der Waals surface area contributed by atoms with Crippen LogP contribution in [0.15, 0.2) is 54.6 Å². The van der Waals surface area contributed by atoms with Crippen LogP contribution < -0.4 is 10.1 Å². The van der Waals surface area contributed by atoms with Gasteiger partial charge in [0.2, 0.25) is 0 Å². The minimum Gasteiger partial charge on any atom is -0.455 e. The summed E-state index contributed by atoms with van der Waals surface area (Å²) in [4.78, 5) is 19.2. The summed E-state index contributed by atoms with van der Waals surface area (Å²) in [5, 5.41) is 2.98. The number of nitrogens with zero attached hydrogens (tertiary/aromatic N) is 3. The Labute approximate surface area is 174 Å². The van der Waals surface area contributed by atoms with E-state index in [1.165, 1.54) is 12.8 Å². The number of benzene rings is 2. The van der Waals surface area contributed by atoms with Crippen molar-refractivity contribution in [2.75, 3.05) is 52.6 Å². The summed E-state index contributed by atoms with van der Waals surface area (Å²) >= 11 is 0. The van der Waals surface area contributed by atoms with Crippen molar-refractivity contribution in [2.24, 2.45) is 0 Å². The van der Waals surface area contributed by atoms with Gasteiger partial charge in [-0.25, -0.2) is 4.79 Å². The van der Waals surface area contributed by atoms with Crippen molar-refractivity contribution >= 4 is 11.7 Å². The Morgan fingerprint density at radius 2 is 1.69 bits per heavy atom. The molecule has 1 saturated heterocycles. The molecule has 2 aromatic carbocycles. The number of ether oxygens (including phenoxy) is 1. The molecule has 0 spiro atoms. The number of carbonyl (C=O) groups is 1. The van der Waals surface area contributed by atoms with Crippen LogP contribution in [-0.2, 0) is 0 Å². The molecule has 0 unspecified atom stereocenters. The molecule has 29 heavy (non-hydrogen) atoms. The fourth-order valence-electron chi connectivity index (χ4n) is 3.51. The van der Waals surface area contributed by atoms with Crippen molar-refractivity contribution in [3.05, 3.63) is 54.6 Å². The molecule has 6 nitrogen and oxygen atoms in total. The van der Waals surface area contributed by atoms with Crippen molar-refractivity contribution < 1.29 is 9.53 Å². The van der Waals surface area contributed by atoms with Crippen molar-refractivity contribution in [1.82, 2.24) is 14.7 Å². The molecule has 2 amide bonds. The van der Waals surface area contributed by atoms with Crippen molar-refractivity contribution in [3.63, 3.8) is 0 Å². The SMILES string of the molecule is CN1CCC(N(C)CCN(C)C(=O)Nc2ccccc2Oc2ccccc2)CC1. The highest BCUT2D eigenvalue weighted by Gasteiger charge is 2.21. The van der Waals surface area contributed by atoms with E-state index in [0.29, 0.717) is 24.0 Å². The Bertz CT molecular complexity index is 775. The third kappa shape index (κ3) is 6.21. The van der Waals surface area contributed by atoms with Gasteiger partial charge in [0, 0.05) is 26.2 Å². The minimum absolute atomic E-state index is 0.133. The first-order valence-electron chi connectivity index (χ1n) is 10.3. The lowest BCUT2D eigenvalue weighted by Crippen LogP contribution is -2.45. The van der Waals surface area contributed by atoms with E-state index in [1.54, 1.807) is 4.90 Å². The van der Waals surface area contributed by atoms with Gasteiger partial charge < -0.3 is 24.8 Å². The van der Waals surface area contributed by atoms with Gasteiger partial charge in [-0.3, -0.25) is 0 Å². The fourth-order valence-corrected chi connectivity index (χ4v) is 3.51. The van der Waals surface area contributed by atoms with Crippen LogP contribution in [0.5, 0.6) is 11.5 Å². The first kappa shape index (κ1) is 21.1. The van der Waals surface area contributed by atoms with Gasteiger partial charge in [-0.1, -0.05) is 30.3 Å². The second-order valence-electron chi connectivity index (χ2n) is 7.78. The summed E-state index contributed by atoms with van der Waals surface area (Å²) < 4.78 is 5.93. The van der Waals surface area contributed by atoms with Crippen LogP contribution in [0.3, 0.4) is 0 Å². The Morgan fingerprint density at radius 3 is 2.41 bits per heavy atom. The van der Waals surface area contributed by atoms with Crippen molar-refractivity contribution in [3.8, 4) is 11.5 Å². The number of hydrogen-bond acceptors (Lipinski definition) is 4. The number of para-hydroxylation sites is 3. The number of urea groups is 1. The molecule has 1 heterocycles. The highest BCUT2D eigenvalue weighted by atomic mass is 16.5. The number of hydrogen-bond donors (Lipinski definition) is 1. The Kier molecular flexibility index (Phi) is 7.49. The number of anilines is 1. The molecule has 0 radical (unpaired) electrons. The maximum absolute atomic E-state index is 12.7. The molecule has 0 atom stereocenters. The van der Waals surface area contributed by atoms with Crippen LogP contribution in [0.1, 0.15) is 12.8 Å². The summed E-state index contributed by atoms with van der Waals surface area (Å²) in [6, 6.07) is 17.5. The van der Waals surface area contributed by atoms with Gasteiger partial charge in [0.05, 0.1) is 5.69 Å². The van der Waals surface area contributed by atoms with Gasteiger partial charge in [-0.2, -0.15) is 0 Å². The first-order chi connectivity index (χ1) is 14.0. The highest BCUT2D eigenvalue weighted by Crippen LogP contribution is 2.29. The molecule has 0 aromatic heterocycles. The van der Waals surface area contributed by atoms with Gasteiger partial charge in [0.25, 0.3) is 0 Å². The molecule has 0 saturated carbocycles. The molecule has 1 aliphatic rings.